The molecule has 0 aromatic rings. The Morgan fingerprint density at radius 2 is 1.55 bits per heavy atom. The second-order valence-electron chi connectivity index (χ2n) is 5.21. The average molecular weight is 282 g/mol. The van der Waals surface area contributed by atoms with Gasteiger partial charge in [0.2, 0.25) is 0 Å². The lowest BCUT2D eigenvalue weighted by Crippen LogP contribution is -2.36. The molecule has 1 unspecified atom stereocenters. The second-order valence-corrected chi connectivity index (χ2v) is 5.21. The number of carbonyl (C=O) groups excluding carboxylic acids is 2. The predicted molar refractivity (Wildman–Crippen MR) is 74.5 cm³/mol. The predicted octanol–water partition coefficient (Wildman–Crippen LogP) is 1.58. The highest BCUT2D eigenvalue weighted by atomic mass is 16.4. The molecule has 0 aliphatic rings. The molecule has 0 saturated carbocycles. The van der Waals surface area contributed by atoms with Crippen molar-refractivity contribution < 1.29 is 19.8 Å². The van der Waals surface area contributed by atoms with Crippen LogP contribution in [0.1, 0.15) is 71.1 Å². The van der Waals surface area contributed by atoms with Crippen LogP contribution in [0.25, 0.3) is 0 Å². The molecule has 0 aliphatic heterocycles. The lowest BCUT2D eigenvalue weighted by molar-refractivity contribution is -0.320. The Labute approximate surface area is 121 Å². The smallest absolute Gasteiger partial charge is 0.0452 e. The Morgan fingerprint density at radius 3 is 2.10 bits per heavy atom. The molecule has 0 aromatic heterocycles. The third-order valence-corrected chi connectivity index (χ3v) is 3.31. The maximum absolute atomic E-state index is 10.7. The first-order valence-electron chi connectivity index (χ1n) is 7.63. The van der Waals surface area contributed by atoms with E-state index in [1.165, 1.54) is 38.5 Å². The van der Waals surface area contributed by atoms with E-state index in [1.54, 1.807) is 6.08 Å². The van der Waals surface area contributed by atoms with Crippen LogP contribution in [0.4, 0.5) is 0 Å². The summed E-state index contributed by atoms with van der Waals surface area (Å²) in [6.45, 7) is 2.20. The molecule has 0 rings (SSSR count). The van der Waals surface area contributed by atoms with E-state index in [2.05, 4.69) is 6.92 Å². The molecule has 0 aromatic carbocycles. The topological polar surface area (TPSA) is 80.3 Å². The third kappa shape index (κ3) is 11.8. The zero-order chi connectivity index (χ0) is 15.2. The summed E-state index contributed by atoms with van der Waals surface area (Å²) in [6, 6.07) is 0. The fourth-order valence-electron chi connectivity index (χ4n) is 2.06. The van der Waals surface area contributed by atoms with Crippen LogP contribution in [-0.4, -0.2) is 11.9 Å². The average Bonchev–Trinajstić information content (AvgIpc) is 2.39. The van der Waals surface area contributed by atoms with Gasteiger partial charge in [0.05, 0.1) is 0 Å². The number of carboxylic acids is 2. The first-order chi connectivity index (χ1) is 9.57. The van der Waals surface area contributed by atoms with Gasteiger partial charge in [-0.15, -0.1) is 0 Å². The van der Waals surface area contributed by atoms with Crippen molar-refractivity contribution in [1.29, 1.82) is 0 Å². The second kappa shape index (κ2) is 12.7. The summed E-state index contributed by atoms with van der Waals surface area (Å²) in [5.74, 6) is -3.65. The number of unbranched alkanes of at least 4 members (excludes halogenated alkanes) is 7. The number of aliphatic carboxylic acids is 2. The van der Waals surface area contributed by atoms with E-state index in [9.17, 15) is 19.8 Å². The Bertz CT molecular complexity index is 297. The Morgan fingerprint density at radius 1 is 0.950 bits per heavy atom. The van der Waals surface area contributed by atoms with Crippen LogP contribution in [0.5, 0.6) is 0 Å². The van der Waals surface area contributed by atoms with Gasteiger partial charge in [-0.25, -0.2) is 0 Å². The van der Waals surface area contributed by atoms with Crippen molar-refractivity contribution in [3.05, 3.63) is 12.2 Å². The molecule has 116 valence electrons. The summed E-state index contributed by atoms with van der Waals surface area (Å²) >= 11 is 0. The standard InChI is InChI=1S/C16H28O4/c1-2-3-4-5-6-7-8-9-10-11-12-14(16(19)20)13-15(17)18/h10-11,14H,2-9,12-13H2,1H3,(H,17,18)(H,19,20)/p-2/b11-10+. The third-order valence-electron chi connectivity index (χ3n) is 3.31. The molecule has 4 heteroatoms. The Hall–Kier alpha value is -1.32. The number of carboxylic acid groups (broad SMARTS) is 2. The van der Waals surface area contributed by atoms with E-state index in [1.807, 2.05) is 6.08 Å². The summed E-state index contributed by atoms with van der Waals surface area (Å²) in [5, 5.41) is 21.1. The normalized spacial score (nSPS) is 12.7. The highest BCUT2D eigenvalue weighted by molar-refractivity contribution is 5.75. The van der Waals surface area contributed by atoms with Crippen LogP contribution in [-0.2, 0) is 9.59 Å². The molecular formula is C16H26O4-2. The molecule has 0 amide bonds. The summed E-state index contributed by atoms with van der Waals surface area (Å²) in [7, 11) is 0. The van der Waals surface area contributed by atoms with E-state index in [4.69, 9.17) is 0 Å². The first-order valence-corrected chi connectivity index (χ1v) is 7.63. The molecule has 0 fully saturated rings. The highest BCUT2D eigenvalue weighted by Gasteiger charge is 2.07. The van der Waals surface area contributed by atoms with Gasteiger partial charge in [0.1, 0.15) is 0 Å². The van der Waals surface area contributed by atoms with E-state index in [0.29, 0.717) is 0 Å². The fourth-order valence-corrected chi connectivity index (χ4v) is 2.06. The van der Waals surface area contributed by atoms with Crippen molar-refractivity contribution >= 4 is 11.9 Å². The minimum atomic E-state index is -1.35. The molecule has 4 nitrogen and oxygen atoms in total. The van der Waals surface area contributed by atoms with Crippen LogP contribution in [0.3, 0.4) is 0 Å². The number of rotatable bonds is 13. The molecule has 1 atom stereocenters. The molecule has 0 heterocycles. The van der Waals surface area contributed by atoms with Gasteiger partial charge in [-0.3, -0.25) is 0 Å². The summed E-state index contributed by atoms with van der Waals surface area (Å²) in [4.78, 5) is 21.1. The molecule has 0 bridgehead atoms. The van der Waals surface area contributed by atoms with Gasteiger partial charge in [-0.2, -0.15) is 0 Å². The Kier molecular flexibility index (Phi) is 11.9. The molecular weight excluding hydrogens is 256 g/mol. The van der Waals surface area contributed by atoms with Crippen molar-refractivity contribution in [2.24, 2.45) is 5.92 Å². The number of hydrogen-bond donors (Lipinski definition) is 0. The van der Waals surface area contributed by atoms with Gasteiger partial charge >= 0.3 is 0 Å². The first kappa shape index (κ1) is 18.7. The fraction of sp³-hybridized carbons (Fsp3) is 0.750. The quantitative estimate of drug-likeness (QED) is 0.379. The van der Waals surface area contributed by atoms with Crippen molar-refractivity contribution in [3.8, 4) is 0 Å². The molecule has 0 N–H and O–H groups in total. The van der Waals surface area contributed by atoms with Crippen LogP contribution in [0, 0.1) is 5.92 Å². The molecule has 0 aliphatic carbocycles. The maximum atomic E-state index is 10.7. The van der Waals surface area contributed by atoms with Gasteiger partial charge in [-0.1, -0.05) is 57.6 Å². The SMILES string of the molecule is CCCCCCCCC/C=C/CC(CC(=O)[O-])C(=O)[O-]. The largest absolute Gasteiger partial charge is 0.550 e. The monoisotopic (exact) mass is 282 g/mol. The molecule has 0 spiro atoms. The molecule has 0 saturated heterocycles. The van der Waals surface area contributed by atoms with Gasteiger partial charge < -0.3 is 19.8 Å². The highest BCUT2D eigenvalue weighted by Crippen LogP contribution is 2.11. The van der Waals surface area contributed by atoms with Crippen molar-refractivity contribution in [2.45, 2.75) is 71.1 Å². The van der Waals surface area contributed by atoms with Crippen LogP contribution >= 0.6 is 0 Å². The van der Waals surface area contributed by atoms with Crippen LogP contribution in [0.15, 0.2) is 12.2 Å². The summed E-state index contributed by atoms with van der Waals surface area (Å²) < 4.78 is 0. The summed E-state index contributed by atoms with van der Waals surface area (Å²) in [6.07, 6.45) is 13.0. The maximum Gasteiger partial charge on any atom is 0.0452 e. The van der Waals surface area contributed by atoms with E-state index in [0.717, 1.165) is 12.8 Å². The van der Waals surface area contributed by atoms with Crippen molar-refractivity contribution in [1.82, 2.24) is 0 Å². The number of carbonyl (C=O) groups is 2. The van der Waals surface area contributed by atoms with Crippen LogP contribution in [0.2, 0.25) is 0 Å². The molecule has 20 heavy (non-hydrogen) atoms. The van der Waals surface area contributed by atoms with Crippen LogP contribution < -0.4 is 10.2 Å². The van der Waals surface area contributed by atoms with Gasteiger partial charge in [0.25, 0.3) is 0 Å². The van der Waals surface area contributed by atoms with Gasteiger partial charge in [0, 0.05) is 17.9 Å². The van der Waals surface area contributed by atoms with Crippen molar-refractivity contribution in [3.63, 3.8) is 0 Å². The van der Waals surface area contributed by atoms with Crippen molar-refractivity contribution in [2.75, 3.05) is 0 Å². The van der Waals surface area contributed by atoms with Gasteiger partial charge in [-0.05, 0) is 25.7 Å². The lowest BCUT2D eigenvalue weighted by atomic mass is 10.0. The summed E-state index contributed by atoms with van der Waals surface area (Å²) in [5.41, 5.74) is 0. The number of allylic oxidation sites excluding steroid dienone is 2. The minimum Gasteiger partial charge on any atom is -0.550 e. The Balaban J connectivity index is 3.58. The van der Waals surface area contributed by atoms with E-state index < -0.39 is 24.3 Å². The number of hydrogen-bond acceptors (Lipinski definition) is 4. The van der Waals surface area contributed by atoms with Gasteiger partial charge in [0.15, 0.2) is 0 Å². The molecule has 0 radical (unpaired) electrons. The minimum absolute atomic E-state index is 0.201. The zero-order valence-corrected chi connectivity index (χ0v) is 12.4. The zero-order valence-electron chi connectivity index (χ0n) is 12.4. The van der Waals surface area contributed by atoms with E-state index >= 15 is 0 Å². The van der Waals surface area contributed by atoms with E-state index in [-0.39, 0.29) is 6.42 Å². The lowest BCUT2D eigenvalue weighted by Gasteiger charge is -2.16.